The molecule has 1 heterocycles. The van der Waals surface area contributed by atoms with Crippen LogP contribution in [0.25, 0.3) is 0 Å². The van der Waals surface area contributed by atoms with E-state index in [2.05, 4.69) is 4.52 Å². The summed E-state index contributed by atoms with van der Waals surface area (Å²) in [4.78, 5) is 17.1. The van der Waals surface area contributed by atoms with Crippen molar-refractivity contribution < 1.29 is 27.5 Å². The molecule has 1 saturated heterocycles. The predicted octanol–water partition coefficient (Wildman–Crippen LogP) is 1.33. The lowest BCUT2D eigenvalue weighted by Crippen LogP contribution is -2.40. The molecule has 3 unspecified atom stereocenters. The Labute approximate surface area is 90.0 Å². The van der Waals surface area contributed by atoms with Crippen LogP contribution in [0.15, 0.2) is 0 Å². The van der Waals surface area contributed by atoms with E-state index < -0.39 is 31.5 Å². The van der Waals surface area contributed by atoms with E-state index in [0.29, 0.717) is 11.8 Å². The third-order valence-electron chi connectivity index (χ3n) is 1.92. The molecule has 0 aromatic rings. The molecule has 0 amide bonds. The highest BCUT2D eigenvalue weighted by molar-refractivity contribution is 8.00. The summed E-state index contributed by atoms with van der Waals surface area (Å²) in [5.74, 6) is 0. The van der Waals surface area contributed by atoms with Gasteiger partial charge in [-0.15, -0.1) is 11.8 Å². The first kappa shape index (κ1) is 13.5. The molecule has 0 aliphatic carbocycles. The summed E-state index contributed by atoms with van der Waals surface area (Å²) in [6.45, 7) is 0. The Kier molecular flexibility index (Phi) is 4.64. The molecule has 1 aliphatic heterocycles. The van der Waals surface area contributed by atoms with E-state index in [1.165, 1.54) is 0 Å². The molecule has 0 radical (unpaired) electrons. The molecule has 9 heteroatoms. The summed E-state index contributed by atoms with van der Waals surface area (Å²) in [6, 6.07) is 0. The molecule has 4 N–H and O–H groups in total. The highest BCUT2D eigenvalue weighted by Crippen LogP contribution is 2.43. The Morgan fingerprint density at radius 1 is 1.33 bits per heavy atom. The fraction of sp³-hybridized carbons (Fsp3) is 1.00. The van der Waals surface area contributed by atoms with E-state index in [1.807, 2.05) is 0 Å². The Morgan fingerprint density at radius 3 is 2.40 bits per heavy atom. The van der Waals surface area contributed by atoms with Crippen LogP contribution in [-0.4, -0.2) is 32.7 Å². The average Bonchev–Trinajstić information content (AvgIpc) is 1.99. The molecule has 0 saturated carbocycles. The molecule has 1 rings (SSSR count). The Morgan fingerprint density at radius 2 is 1.93 bits per heavy atom. The normalized spacial score (nSPS) is 33.4. The minimum absolute atomic E-state index is 0.192. The maximum atomic E-state index is 12.4. The second-order valence-electron chi connectivity index (χ2n) is 3.16. The molecular formula is C6H11F3NO3PS. The Balaban J connectivity index is 2.56. The van der Waals surface area contributed by atoms with Crippen LogP contribution >= 0.6 is 20.4 Å². The lowest BCUT2D eigenvalue weighted by atomic mass is 10.1. The fourth-order valence-corrected chi connectivity index (χ4v) is 3.01. The van der Waals surface area contributed by atoms with Crippen LogP contribution in [-0.2, 0) is 4.52 Å². The first-order chi connectivity index (χ1) is 6.79. The zero-order valence-electron chi connectivity index (χ0n) is 7.52. The van der Waals surface area contributed by atoms with Crippen LogP contribution in [0.1, 0.15) is 12.8 Å². The van der Waals surface area contributed by atoms with Crippen LogP contribution in [0, 0.1) is 0 Å². The first-order valence-electron chi connectivity index (χ1n) is 4.11. The van der Waals surface area contributed by atoms with Gasteiger partial charge in [0, 0.05) is 0 Å². The molecule has 1 fully saturated rings. The van der Waals surface area contributed by atoms with Gasteiger partial charge >= 0.3 is 14.8 Å². The summed E-state index contributed by atoms with van der Waals surface area (Å²) in [6.07, 6.45) is -5.27. The molecule has 15 heavy (non-hydrogen) atoms. The van der Waals surface area contributed by atoms with Gasteiger partial charge in [0.1, 0.15) is 5.25 Å². The molecular weight excluding hydrogens is 254 g/mol. The largest absolute Gasteiger partial charge is 0.400 e. The Bertz CT molecular complexity index is 216. The van der Waals surface area contributed by atoms with Gasteiger partial charge in [-0.3, -0.25) is 0 Å². The molecule has 0 spiro atoms. The zero-order valence-corrected chi connectivity index (χ0v) is 9.23. The number of rotatable bonds is 2. The number of nitrogens with two attached hydrogens (primary N) is 1. The predicted molar refractivity (Wildman–Crippen MR) is 50.9 cm³/mol. The van der Waals surface area contributed by atoms with Gasteiger partial charge < -0.3 is 20.0 Å². The van der Waals surface area contributed by atoms with Crippen LogP contribution in [0.5, 0.6) is 0 Å². The van der Waals surface area contributed by atoms with Crippen LogP contribution < -0.4 is 5.73 Å². The van der Waals surface area contributed by atoms with Gasteiger partial charge in [0.05, 0.1) is 11.5 Å². The van der Waals surface area contributed by atoms with Crippen LogP contribution in [0.3, 0.4) is 0 Å². The van der Waals surface area contributed by atoms with Crippen molar-refractivity contribution >= 4 is 20.4 Å². The van der Waals surface area contributed by atoms with Gasteiger partial charge in [-0.1, -0.05) is 0 Å². The van der Waals surface area contributed by atoms with E-state index in [0.717, 1.165) is 0 Å². The van der Waals surface area contributed by atoms with Crippen molar-refractivity contribution in [3.05, 3.63) is 0 Å². The van der Waals surface area contributed by atoms with E-state index in [-0.39, 0.29) is 12.8 Å². The minimum Gasteiger partial charge on any atom is -0.328 e. The number of thioether (sulfide) groups is 1. The highest BCUT2D eigenvalue weighted by atomic mass is 32.2. The van der Waals surface area contributed by atoms with Crippen molar-refractivity contribution in [3.8, 4) is 0 Å². The summed E-state index contributed by atoms with van der Waals surface area (Å²) >= 11 is 0.641. The SMILES string of the molecule is NC1CC(OP(O)O)CC(C(F)(F)F)S1. The van der Waals surface area contributed by atoms with Crippen LogP contribution in [0.4, 0.5) is 13.2 Å². The second kappa shape index (κ2) is 5.16. The van der Waals surface area contributed by atoms with E-state index in [1.54, 1.807) is 0 Å². The van der Waals surface area contributed by atoms with Gasteiger partial charge in [-0.2, -0.15) is 13.2 Å². The van der Waals surface area contributed by atoms with E-state index in [4.69, 9.17) is 15.5 Å². The maximum absolute atomic E-state index is 12.4. The zero-order chi connectivity index (χ0) is 11.6. The molecule has 1 aliphatic rings. The number of hydrogen-bond acceptors (Lipinski definition) is 5. The summed E-state index contributed by atoms with van der Waals surface area (Å²) in [5.41, 5.74) is 5.41. The average molecular weight is 265 g/mol. The third-order valence-corrected chi connectivity index (χ3v) is 3.74. The Hall–Kier alpha value is 0.410. The first-order valence-corrected chi connectivity index (χ1v) is 6.22. The van der Waals surface area contributed by atoms with Gasteiger partial charge in [0.25, 0.3) is 0 Å². The van der Waals surface area contributed by atoms with E-state index >= 15 is 0 Å². The van der Waals surface area contributed by atoms with Gasteiger partial charge in [-0.25, -0.2) is 0 Å². The van der Waals surface area contributed by atoms with Gasteiger partial charge in [0.2, 0.25) is 0 Å². The smallest absolute Gasteiger partial charge is 0.328 e. The topological polar surface area (TPSA) is 75.7 Å². The molecule has 0 bridgehead atoms. The fourth-order valence-electron chi connectivity index (χ4n) is 1.35. The van der Waals surface area contributed by atoms with Crippen molar-refractivity contribution in [1.82, 2.24) is 0 Å². The number of hydrogen-bond donors (Lipinski definition) is 3. The monoisotopic (exact) mass is 265 g/mol. The molecule has 4 nitrogen and oxygen atoms in total. The van der Waals surface area contributed by atoms with Crippen molar-refractivity contribution in [2.75, 3.05) is 0 Å². The third kappa shape index (κ3) is 4.42. The molecule has 3 atom stereocenters. The van der Waals surface area contributed by atoms with Crippen molar-refractivity contribution in [2.24, 2.45) is 5.73 Å². The van der Waals surface area contributed by atoms with Gasteiger partial charge in [0.15, 0.2) is 0 Å². The lowest BCUT2D eigenvalue weighted by molar-refractivity contribution is -0.134. The van der Waals surface area contributed by atoms with Crippen LogP contribution in [0.2, 0.25) is 0 Å². The summed E-state index contributed by atoms with van der Waals surface area (Å²) in [7, 11) is -2.63. The standard InChI is InChI=1S/C6H11F3NO3PS/c7-6(8,9)4-1-3(13-14(11)12)2-5(10)15-4/h3-5,11-12H,1-2,10H2. The highest BCUT2D eigenvalue weighted by Gasteiger charge is 2.45. The van der Waals surface area contributed by atoms with Crippen molar-refractivity contribution in [3.63, 3.8) is 0 Å². The second-order valence-corrected chi connectivity index (χ2v) is 5.32. The van der Waals surface area contributed by atoms with Crippen molar-refractivity contribution in [2.45, 2.75) is 35.7 Å². The minimum atomic E-state index is -4.34. The number of halogens is 3. The molecule has 0 aromatic heterocycles. The summed E-state index contributed by atoms with van der Waals surface area (Å²) in [5, 5.41) is -2.29. The molecule has 0 aromatic carbocycles. The number of alkyl halides is 3. The van der Waals surface area contributed by atoms with Gasteiger partial charge in [-0.05, 0) is 12.8 Å². The quantitative estimate of drug-likeness (QED) is 0.657. The lowest BCUT2D eigenvalue weighted by Gasteiger charge is -2.33. The van der Waals surface area contributed by atoms with E-state index in [9.17, 15) is 13.2 Å². The maximum Gasteiger partial charge on any atom is 0.400 e. The molecule has 90 valence electrons. The summed E-state index contributed by atoms with van der Waals surface area (Å²) < 4.78 is 41.7. The van der Waals surface area contributed by atoms with Crippen molar-refractivity contribution in [1.29, 1.82) is 0 Å².